The Kier molecular flexibility index (Phi) is 7.66. The molecule has 8 heteroatoms. The average molecular weight is 484 g/mol. The third-order valence-electron chi connectivity index (χ3n) is 6.74. The molecule has 180 valence electrons. The number of methoxy groups -OCH3 is 1. The SMILES string of the molecule is COCCN1C(=O)C[C@](CC(=O)N2CCN(Cc3ccccc3)CC2)(c2ccccc2Cl)C1=O. The normalized spacial score (nSPS) is 21.4. The summed E-state index contributed by atoms with van der Waals surface area (Å²) in [5, 5.41) is 0.387. The molecule has 0 aromatic heterocycles. The zero-order chi connectivity index (χ0) is 24.1. The first-order chi connectivity index (χ1) is 16.4. The number of hydrogen-bond donors (Lipinski definition) is 0. The fraction of sp³-hybridized carbons (Fsp3) is 0.423. The number of amides is 3. The van der Waals surface area contributed by atoms with Gasteiger partial charge in [-0.15, -0.1) is 0 Å². The molecule has 7 nitrogen and oxygen atoms in total. The topological polar surface area (TPSA) is 70.2 Å². The van der Waals surface area contributed by atoms with Crippen molar-refractivity contribution in [2.24, 2.45) is 0 Å². The molecule has 2 fully saturated rings. The molecule has 2 aromatic carbocycles. The number of ether oxygens (including phenoxy) is 1. The fourth-order valence-electron chi connectivity index (χ4n) is 4.87. The summed E-state index contributed by atoms with van der Waals surface area (Å²) in [7, 11) is 1.52. The summed E-state index contributed by atoms with van der Waals surface area (Å²) in [6.07, 6.45) is -0.150. The number of likely N-dealkylation sites (tertiary alicyclic amines) is 1. The van der Waals surface area contributed by atoms with E-state index >= 15 is 0 Å². The molecule has 0 bridgehead atoms. The highest BCUT2D eigenvalue weighted by atomic mass is 35.5. The fourth-order valence-corrected chi connectivity index (χ4v) is 5.19. The van der Waals surface area contributed by atoms with Crippen molar-refractivity contribution in [1.29, 1.82) is 0 Å². The second kappa shape index (κ2) is 10.7. The van der Waals surface area contributed by atoms with Gasteiger partial charge in [0.25, 0.3) is 0 Å². The molecule has 0 aliphatic carbocycles. The lowest BCUT2D eigenvalue weighted by Crippen LogP contribution is -2.50. The lowest BCUT2D eigenvalue weighted by Gasteiger charge is -2.37. The van der Waals surface area contributed by atoms with E-state index in [1.807, 2.05) is 18.2 Å². The Morgan fingerprint density at radius 3 is 2.35 bits per heavy atom. The molecule has 2 saturated heterocycles. The smallest absolute Gasteiger partial charge is 0.241 e. The third kappa shape index (κ3) is 5.02. The molecule has 2 aliphatic rings. The summed E-state index contributed by atoms with van der Waals surface area (Å²) in [6.45, 7) is 3.92. The zero-order valence-electron chi connectivity index (χ0n) is 19.4. The molecule has 0 spiro atoms. The van der Waals surface area contributed by atoms with Crippen molar-refractivity contribution in [2.75, 3.05) is 46.4 Å². The Morgan fingerprint density at radius 2 is 1.68 bits per heavy atom. The van der Waals surface area contributed by atoms with Crippen LogP contribution in [0.5, 0.6) is 0 Å². The number of rotatable bonds is 8. The largest absolute Gasteiger partial charge is 0.383 e. The van der Waals surface area contributed by atoms with Crippen LogP contribution in [-0.4, -0.2) is 78.9 Å². The molecular formula is C26H30ClN3O4. The van der Waals surface area contributed by atoms with E-state index in [4.69, 9.17) is 16.3 Å². The number of halogens is 1. The van der Waals surface area contributed by atoms with E-state index in [1.165, 1.54) is 17.6 Å². The molecule has 34 heavy (non-hydrogen) atoms. The number of carbonyl (C=O) groups excluding carboxylic acids is 3. The van der Waals surface area contributed by atoms with E-state index < -0.39 is 5.41 Å². The Hall–Kier alpha value is -2.74. The van der Waals surface area contributed by atoms with Crippen LogP contribution in [0.2, 0.25) is 5.02 Å². The number of benzene rings is 2. The highest BCUT2D eigenvalue weighted by Crippen LogP contribution is 2.43. The van der Waals surface area contributed by atoms with Crippen LogP contribution >= 0.6 is 11.6 Å². The first kappa shape index (κ1) is 24.4. The van der Waals surface area contributed by atoms with Crippen LogP contribution in [0.25, 0.3) is 0 Å². The van der Waals surface area contributed by atoms with Gasteiger partial charge in [0.05, 0.1) is 18.6 Å². The van der Waals surface area contributed by atoms with Crippen molar-refractivity contribution in [3.8, 4) is 0 Å². The second-order valence-corrected chi connectivity index (χ2v) is 9.31. The number of nitrogens with zero attached hydrogens (tertiary/aromatic N) is 3. The summed E-state index contributed by atoms with van der Waals surface area (Å²) in [5.74, 6) is -0.810. The summed E-state index contributed by atoms with van der Waals surface area (Å²) >= 11 is 6.49. The van der Waals surface area contributed by atoms with Gasteiger partial charge in [0.2, 0.25) is 17.7 Å². The quantitative estimate of drug-likeness (QED) is 0.540. The Morgan fingerprint density at radius 1 is 1.00 bits per heavy atom. The molecule has 0 N–H and O–H groups in total. The summed E-state index contributed by atoms with van der Waals surface area (Å²) in [4.78, 5) is 45.2. The van der Waals surface area contributed by atoms with Gasteiger partial charge in [-0.3, -0.25) is 24.2 Å². The Balaban J connectivity index is 1.49. The van der Waals surface area contributed by atoms with Crippen LogP contribution in [-0.2, 0) is 31.1 Å². The van der Waals surface area contributed by atoms with Gasteiger partial charge in [-0.05, 0) is 17.2 Å². The standard InChI is InChI=1S/C26H30ClN3O4/c1-34-16-15-30-24(32)18-26(25(30)33,21-9-5-6-10-22(21)27)17-23(31)29-13-11-28(12-14-29)19-20-7-3-2-4-8-20/h2-10H,11-19H2,1H3/t26-/m1/s1. The first-order valence-corrected chi connectivity index (χ1v) is 12.0. The van der Waals surface area contributed by atoms with Crippen LogP contribution in [0.15, 0.2) is 54.6 Å². The summed E-state index contributed by atoms with van der Waals surface area (Å²) < 4.78 is 5.07. The van der Waals surface area contributed by atoms with Gasteiger partial charge >= 0.3 is 0 Å². The van der Waals surface area contributed by atoms with Gasteiger partial charge in [-0.1, -0.05) is 60.1 Å². The van der Waals surface area contributed by atoms with Crippen molar-refractivity contribution in [3.63, 3.8) is 0 Å². The minimum atomic E-state index is -1.29. The van der Waals surface area contributed by atoms with Gasteiger partial charge in [-0.25, -0.2) is 0 Å². The lowest BCUT2D eigenvalue weighted by molar-refractivity contribution is -0.143. The molecular weight excluding hydrogens is 454 g/mol. The number of hydrogen-bond acceptors (Lipinski definition) is 5. The van der Waals surface area contributed by atoms with Gasteiger partial charge in [0, 0.05) is 57.7 Å². The molecule has 0 saturated carbocycles. The molecule has 0 radical (unpaired) electrons. The number of carbonyl (C=O) groups is 3. The van der Waals surface area contributed by atoms with Crippen molar-refractivity contribution in [2.45, 2.75) is 24.8 Å². The molecule has 4 rings (SSSR count). The highest BCUT2D eigenvalue weighted by Gasteiger charge is 2.54. The van der Waals surface area contributed by atoms with E-state index in [2.05, 4.69) is 17.0 Å². The Bertz CT molecular complexity index is 1040. The monoisotopic (exact) mass is 483 g/mol. The van der Waals surface area contributed by atoms with Gasteiger partial charge in [-0.2, -0.15) is 0 Å². The van der Waals surface area contributed by atoms with Crippen molar-refractivity contribution in [3.05, 3.63) is 70.7 Å². The predicted octanol–water partition coefficient (Wildman–Crippen LogP) is 2.72. The maximum Gasteiger partial charge on any atom is 0.241 e. The minimum absolute atomic E-state index is 0.0704. The van der Waals surface area contributed by atoms with Crippen LogP contribution in [0.4, 0.5) is 0 Å². The maximum absolute atomic E-state index is 13.6. The van der Waals surface area contributed by atoms with Crippen LogP contribution in [0.1, 0.15) is 24.0 Å². The molecule has 2 aromatic rings. The van der Waals surface area contributed by atoms with Crippen molar-refractivity contribution in [1.82, 2.24) is 14.7 Å². The van der Waals surface area contributed by atoms with Crippen molar-refractivity contribution >= 4 is 29.3 Å². The van der Waals surface area contributed by atoms with Crippen LogP contribution in [0, 0.1) is 0 Å². The van der Waals surface area contributed by atoms with Crippen molar-refractivity contribution < 1.29 is 19.1 Å². The molecule has 2 aliphatic heterocycles. The number of imide groups is 1. The van der Waals surface area contributed by atoms with E-state index in [1.54, 1.807) is 29.2 Å². The van der Waals surface area contributed by atoms with Gasteiger partial charge < -0.3 is 9.64 Å². The van der Waals surface area contributed by atoms with E-state index in [0.29, 0.717) is 23.7 Å². The maximum atomic E-state index is 13.6. The average Bonchev–Trinajstić information content (AvgIpc) is 3.08. The molecule has 0 unspecified atom stereocenters. The van der Waals surface area contributed by atoms with Crippen LogP contribution < -0.4 is 0 Å². The van der Waals surface area contributed by atoms with E-state index in [9.17, 15) is 14.4 Å². The molecule has 2 heterocycles. The molecule has 3 amide bonds. The second-order valence-electron chi connectivity index (χ2n) is 8.90. The van der Waals surface area contributed by atoms with Gasteiger partial charge in [0.15, 0.2) is 0 Å². The number of piperazine rings is 1. The summed E-state index contributed by atoms with van der Waals surface area (Å²) in [5.41, 5.74) is 0.485. The lowest BCUT2D eigenvalue weighted by atomic mass is 9.75. The Labute approximate surface area is 205 Å². The predicted molar refractivity (Wildman–Crippen MR) is 129 cm³/mol. The van der Waals surface area contributed by atoms with E-state index in [-0.39, 0.29) is 43.7 Å². The highest BCUT2D eigenvalue weighted by molar-refractivity contribution is 6.32. The van der Waals surface area contributed by atoms with Crippen LogP contribution in [0.3, 0.4) is 0 Å². The zero-order valence-corrected chi connectivity index (χ0v) is 20.2. The summed E-state index contributed by atoms with van der Waals surface area (Å²) in [6, 6.07) is 17.3. The van der Waals surface area contributed by atoms with Gasteiger partial charge in [0.1, 0.15) is 0 Å². The molecule has 1 atom stereocenters. The minimum Gasteiger partial charge on any atom is -0.383 e. The van der Waals surface area contributed by atoms with E-state index in [0.717, 1.165) is 19.6 Å². The first-order valence-electron chi connectivity index (χ1n) is 11.6. The third-order valence-corrected chi connectivity index (χ3v) is 7.07.